The van der Waals surface area contributed by atoms with Crippen LogP contribution in [-0.2, 0) is 11.2 Å². The molecule has 0 bridgehead atoms. The minimum absolute atomic E-state index is 0.132. The molecular formula is C17H24N2O3. The van der Waals surface area contributed by atoms with Gasteiger partial charge in [-0.3, -0.25) is 9.69 Å². The van der Waals surface area contributed by atoms with E-state index in [1.54, 1.807) is 4.90 Å². The lowest BCUT2D eigenvalue weighted by Crippen LogP contribution is -2.45. The molecule has 120 valence electrons. The normalized spacial score (nSPS) is 14.8. The van der Waals surface area contributed by atoms with Gasteiger partial charge in [-0.25, -0.2) is 4.79 Å². The van der Waals surface area contributed by atoms with Crippen LogP contribution in [0.2, 0.25) is 0 Å². The van der Waals surface area contributed by atoms with Gasteiger partial charge in [0.1, 0.15) is 0 Å². The van der Waals surface area contributed by atoms with Crippen molar-refractivity contribution in [1.82, 2.24) is 0 Å². The van der Waals surface area contributed by atoms with Crippen molar-refractivity contribution in [2.24, 2.45) is 0 Å². The van der Waals surface area contributed by atoms with E-state index < -0.39 is 11.6 Å². The summed E-state index contributed by atoms with van der Waals surface area (Å²) in [5.41, 5.74) is 2.99. The van der Waals surface area contributed by atoms with Crippen molar-refractivity contribution in [3.63, 3.8) is 0 Å². The molecule has 22 heavy (non-hydrogen) atoms. The van der Waals surface area contributed by atoms with Crippen LogP contribution in [0.15, 0.2) is 12.1 Å². The third-order valence-electron chi connectivity index (χ3n) is 4.02. The Morgan fingerprint density at radius 2 is 1.95 bits per heavy atom. The molecule has 1 heterocycles. The minimum atomic E-state index is -0.963. The second kappa shape index (κ2) is 5.63. The molecule has 1 N–H and O–H groups in total. The van der Waals surface area contributed by atoms with Crippen molar-refractivity contribution in [2.75, 3.05) is 16.3 Å². The lowest BCUT2D eigenvalue weighted by molar-refractivity contribution is -0.118. The monoisotopic (exact) mass is 304 g/mol. The van der Waals surface area contributed by atoms with Gasteiger partial charge in [-0.05, 0) is 64.3 Å². The molecule has 0 fully saturated rings. The first-order valence-electron chi connectivity index (χ1n) is 7.64. The Morgan fingerprint density at radius 3 is 2.45 bits per heavy atom. The van der Waals surface area contributed by atoms with Crippen LogP contribution in [0.3, 0.4) is 0 Å². The molecule has 2 amide bonds. The molecule has 1 aliphatic rings. The summed E-state index contributed by atoms with van der Waals surface area (Å²) >= 11 is 0. The largest absolute Gasteiger partial charge is 0.465 e. The highest BCUT2D eigenvalue weighted by molar-refractivity contribution is 5.98. The fourth-order valence-electron chi connectivity index (χ4n) is 3.03. The van der Waals surface area contributed by atoms with Gasteiger partial charge in [-0.1, -0.05) is 0 Å². The van der Waals surface area contributed by atoms with E-state index in [0.717, 1.165) is 16.8 Å². The summed E-state index contributed by atoms with van der Waals surface area (Å²) < 4.78 is 0. The third kappa shape index (κ3) is 2.80. The SMILES string of the molecule is CCN1C(=O)CCc2cc(N(C(=O)O)C(C)(C)C)c(C)cc21. The maximum Gasteiger partial charge on any atom is 0.412 e. The molecule has 5 heteroatoms. The third-order valence-corrected chi connectivity index (χ3v) is 4.02. The summed E-state index contributed by atoms with van der Waals surface area (Å²) in [6.07, 6.45) is 0.177. The number of carbonyl (C=O) groups excluding carboxylic acids is 1. The Hall–Kier alpha value is -2.04. The molecule has 1 aliphatic heterocycles. The summed E-state index contributed by atoms with van der Waals surface area (Å²) in [4.78, 5) is 26.9. The first-order valence-corrected chi connectivity index (χ1v) is 7.64. The van der Waals surface area contributed by atoms with Crippen LogP contribution in [0.5, 0.6) is 0 Å². The minimum Gasteiger partial charge on any atom is -0.465 e. The molecule has 5 nitrogen and oxygen atoms in total. The summed E-state index contributed by atoms with van der Waals surface area (Å²) in [6, 6.07) is 3.87. The smallest absolute Gasteiger partial charge is 0.412 e. The van der Waals surface area contributed by atoms with E-state index >= 15 is 0 Å². The van der Waals surface area contributed by atoms with Gasteiger partial charge < -0.3 is 10.0 Å². The molecule has 0 saturated heterocycles. The van der Waals surface area contributed by atoms with Gasteiger partial charge in [0.05, 0.1) is 5.69 Å². The van der Waals surface area contributed by atoms with Gasteiger partial charge in [-0.2, -0.15) is 0 Å². The molecule has 0 radical (unpaired) electrons. The van der Waals surface area contributed by atoms with Crippen molar-refractivity contribution in [3.05, 3.63) is 23.3 Å². The molecule has 2 rings (SSSR count). The van der Waals surface area contributed by atoms with Crippen LogP contribution in [0.25, 0.3) is 0 Å². The number of aryl methyl sites for hydroxylation is 2. The lowest BCUT2D eigenvalue weighted by atomic mass is 9.96. The maximum atomic E-state index is 12.0. The average Bonchev–Trinajstić information content (AvgIpc) is 2.38. The Bertz CT molecular complexity index is 617. The average molecular weight is 304 g/mol. The Labute approximate surface area is 131 Å². The summed E-state index contributed by atoms with van der Waals surface area (Å²) in [5, 5.41) is 9.59. The lowest BCUT2D eigenvalue weighted by Gasteiger charge is -2.36. The predicted octanol–water partition coefficient (Wildman–Crippen LogP) is 3.58. The molecule has 0 saturated carbocycles. The second-order valence-electron chi connectivity index (χ2n) is 6.69. The van der Waals surface area contributed by atoms with Crippen molar-refractivity contribution in [2.45, 2.75) is 53.0 Å². The standard InChI is InChI=1S/C17H24N2O3/c1-6-18-14-9-11(2)13(10-12(14)7-8-15(18)20)19(16(21)22)17(3,4)5/h9-10H,6-8H2,1-5H3,(H,21,22). The Morgan fingerprint density at radius 1 is 1.32 bits per heavy atom. The number of carbonyl (C=O) groups is 2. The molecule has 0 aliphatic carbocycles. The highest BCUT2D eigenvalue weighted by Gasteiger charge is 2.31. The molecule has 0 unspecified atom stereocenters. The van der Waals surface area contributed by atoms with Gasteiger partial charge in [0, 0.05) is 24.2 Å². The van der Waals surface area contributed by atoms with Gasteiger partial charge in [0.15, 0.2) is 0 Å². The number of hydrogen-bond donors (Lipinski definition) is 1. The second-order valence-corrected chi connectivity index (χ2v) is 6.69. The van der Waals surface area contributed by atoms with Crippen LogP contribution in [0.1, 0.15) is 45.2 Å². The number of hydrogen-bond acceptors (Lipinski definition) is 2. The van der Waals surface area contributed by atoms with E-state index in [4.69, 9.17) is 0 Å². The number of nitrogens with zero attached hydrogens (tertiary/aromatic N) is 2. The molecular weight excluding hydrogens is 280 g/mol. The predicted molar refractivity (Wildman–Crippen MR) is 87.8 cm³/mol. The molecule has 0 spiro atoms. The van der Waals surface area contributed by atoms with E-state index in [-0.39, 0.29) is 5.91 Å². The number of carboxylic acid groups (broad SMARTS) is 1. The van der Waals surface area contributed by atoms with Crippen LogP contribution in [0, 0.1) is 6.92 Å². The van der Waals surface area contributed by atoms with Crippen molar-refractivity contribution in [3.8, 4) is 0 Å². The van der Waals surface area contributed by atoms with E-state index in [0.29, 0.717) is 25.1 Å². The van der Waals surface area contributed by atoms with Crippen LogP contribution >= 0.6 is 0 Å². The van der Waals surface area contributed by atoms with Gasteiger partial charge in [0.25, 0.3) is 0 Å². The van der Waals surface area contributed by atoms with Crippen LogP contribution in [-0.4, -0.2) is 29.2 Å². The van der Waals surface area contributed by atoms with Crippen LogP contribution < -0.4 is 9.80 Å². The molecule has 1 aromatic carbocycles. The highest BCUT2D eigenvalue weighted by Crippen LogP contribution is 2.36. The van der Waals surface area contributed by atoms with E-state index in [9.17, 15) is 14.7 Å². The van der Waals surface area contributed by atoms with E-state index in [2.05, 4.69) is 0 Å². The summed E-state index contributed by atoms with van der Waals surface area (Å²) in [5.74, 6) is 0.132. The quantitative estimate of drug-likeness (QED) is 0.908. The molecule has 1 aromatic rings. The van der Waals surface area contributed by atoms with Gasteiger partial charge >= 0.3 is 6.09 Å². The van der Waals surface area contributed by atoms with Crippen molar-refractivity contribution < 1.29 is 14.7 Å². The zero-order valence-electron chi connectivity index (χ0n) is 13.9. The Kier molecular flexibility index (Phi) is 4.18. The van der Waals surface area contributed by atoms with Crippen LogP contribution in [0.4, 0.5) is 16.2 Å². The number of fused-ring (bicyclic) bond motifs is 1. The molecule has 0 aromatic heterocycles. The highest BCUT2D eigenvalue weighted by atomic mass is 16.4. The number of rotatable bonds is 2. The number of anilines is 2. The summed E-state index contributed by atoms with van der Waals surface area (Å²) in [7, 11) is 0. The molecule has 0 atom stereocenters. The first kappa shape index (κ1) is 16.3. The van der Waals surface area contributed by atoms with E-state index in [1.165, 1.54) is 4.90 Å². The maximum absolute atomic E-state index is 12.0. The fourth-order valence-corrected chi connectivity index (χ4v) is 3.03. The zero-order chi connectivity index (χ0) is 16.7. The van der Waals surface area contributed by atoms with Crippen molar-refractivity contribution >= 4 is 23.4 Å². The van der Waals surface area contributed by atoms with Gasteiger partial charge in [-0.15, -0.1) is 0 Å². The fraction of sp³-hybridized carbons (Fsp3) is 0.529. The Balaban J connectivity index is 2.57. The summed E-state index contributed by atoms with van der Waals surface area (Å²) in [6.45, 7) is 10.1. The number of amides is 2. The van der Waals surface area contributed by atoms with Crippen molar-refractivity contribution in [1.29, 1.82) is 0 Å². The van der Waals surface area contributed by atoms with Gasteiger partial charge in [0.2, 0.25) is 5.91 Å². The van der Waals surface area contributed by atoms with E-state index in [1.807, 2.05) is 46.8 Å². The first-order chi connectivity index (χ1) is 10.2. The zero-order valence-corrected chi connectivity index (χ0v) is 13.9. The number of benzene rings is 1. The topological polar surface area (TPSA) is 60.9 Å².